The number of benzene rings is 3. The number of nitrogens with zero attached hydrogens (tertiary/aromatic N) is 1. The van der Waals surface area contributed by atoms with E-state index in [1.807, 2.05) is 32.9 Å². The Balaban J connectivity index is 1.60. The second-order valence-electron chi connectivity index (χ2n) is 10.5. The third-order valence-corrected chi connectivity index (χ3v) is 6.80. The quantitative estimate of drug-likeness (QED) is 0.385. The summed E-state index contributed by atoms with van der Waals surface area (Å²) in [4.78, 5) is 26.4. The first-order chi connectivity index (χ1) is 17.5. The van der Waals surface area contributed by atoms with Crippen molar-refractivity contribution >= 4 is 23.7 Å². The predicted octanol–water partition coefficient (Wildman–Crippen LogP) is 6.53. The summed E-state index contributed by atoms with van der Waals surface area (Å²) in [6.07, 6.45) is 0.781. The molecule has 0 radical (unpaired) electrons. The van der Waals surface area contributed by atoms with Crippen LogP contribution in [-0.2, 0) is 17.6 Å². The van der Waals surface area contributed by atoms with Crippen LogP contribution in [0.1, 0.15) is 60.3 Å². The van der Waals surface area contributed by atoms with Gasteiger partial charge in [0.2, 0.25) is 0 Å². The molecule has 0 aromatic heterocycles. The number of ether oxygens (including phenoxy) is 1. The average molecular weight is 522 g/mol. The monoisotopic (exact) mass is 521 g/mol. The molecule has 194 valence electrons. The molecule has 1 aliphatic carbocycles. The van der Waals surface area contributed by atoms with Gasteiger partial charge < -0.3 is 19.8 Å². The Labute approximate surface area is 222 Å². The van der Waals surface area contributed by atoms with E-state index in [0.717, 1.165) is 29.5 Å². The average Bonchev–Trinajstić information content (AvgIpc) is 2.86. The summed E-state index contributed by atoms with van der Waals surface area (Å²) in [7, 11) is 0. The zero-order valence-corrected chi connectivity index (χ0v) is 22.0. The van der Waals surface area contributed by atoms with Gasteiger partial charge in [-0.15, -0.1) is 0 Å². The van der Waals surface area contributed by atoms with Crippen LogP contribution in [0.15, 0.2) is 66.7 Å². The second kappa shape index (κ2) is 11.0. The van der Waals surface area contributed by atoms with Crippen LogP contribution in [-0.4, -0.2) is 45.4 Å². The molecule has 0 fully saturated rings. The first-order valence-electron chi connectivity index (χ1n) is 12.4. The van der Waals surface area contributed by atoms with Crippen molar-refractivity contribution in [3.05, 3.63) is 94.0 Å². The topological polar surface area (TPSA) is 87.1 Å². The fourth-order valence-electron chi connectivity index (χ4n) is 4.69. The second-order valence-corrected chi connectivity index (χ2v) is 10.9. The zero-order valence-electron chi connectivity index (χ0n) is 21.3. The van der Waals surface area contributed by atoms with Gasteiger partial charge in [0.1, 0.15) is 5.60 Å². The normalized spacial score (nSPS) is 16.0. The highest BCUT2D eigenvalue weighted by molar-refractivity contribution is 6.30. The molecule has 7 heteroatoms. The minimum Gasteiger partial charge on any atom is -0.478 e. The molecule has 1 amide bonds. The highest BCUT2D eigenvalue weighted by Crippen LogP contribution is 2.31. The van der Waals surface area contributed by atoms with E-state index in [0.29, 0.717) is 17.0 Å². The lowest BCUT2D eigenvalue weighted by molar-refractivity contribution is 0.00195. The van der Waals surface area contributed by atoms with E-state index in [2.05, 4.69) is 12.1 Å². The lowest BCUT2D eigenvalue weighted by Gasteiger charge is -2.37. The van der Waals surface area contributed by atoms with Crippen molar-refractivity contribution in [3.8, 4) is 11.1 Å². The number of hydrogen-bond donors (Lipinski definition) is 2. The van der Waals surface area contributed by atoms with Crippen LogP contribution in [0, 0.1) is 0 Å². The SMILES string of the molecule is CC(C)(C)OC(=O)N(C[C@@H](O)c1ccc(Cl)cc1)[C@H]1CCc2ccc(-c3cccc(C(=O)O)c3)cc2C1. The molecule has 3 aromatic rings. The molecule has 37 heavy (non-hydrogen) atoms. The molecule has 0 bridgehead atoms. The Kier molecular flexibility index (Phi) is 7.90. The van der Waals surface area contributed by atoms with Gasteiger partial charge in [0.15, 0.2) is 0 Å². The number of aromatic carboxylic acids is 1. The lowest BCUT2D eigenvalue weighted by Crippen LogP contribution is -2.47. The number of aliphatic hydroxyl groups is 1. The highest BCUT2D eigenvalue weighted by atomic mass is 35.5. The number of carbonyl (C=O) groups excluding carboxylic acids is 1. The molecule has 4 rings (SSSR count). The number of fused-ring (bicyclic) bond motifs is 1. The Morgan fingerprint density at radius 3 is 2.41 bits per heavy atom. The van der Waals surface area contributed by atoms with Gasteiger partial charge >= 0.3 is 12.1 Å². The molecule has 6 nitrogen and oxygen atoms in total. The molecule has 1 aliphatic rings. The van der Waals surface area contributed by atoms with Crippen molar-refractivity contribution in [2.45, 2.75) is 57.8 Å². The van der Waals surface area contributed by atoms with Gasteiger partial charge in [0, 0.05) is 11.1 Å². The summed E-state index contributed by atoms with van der Waals surface area (Å²) < 4.78 is 5.72. The van der Waals surface area contributed by atoms with Crippen LogP contribution >= 0.6 is 11.6 Å². The molecule has 0 heterocycles. The maximum Gasteiger partial charge on any atom is 0.410 e. The zero-order chi connectivity index (χ0) is 26.7. The number of carbonyl (C=O) groups is 2. The smallest absolute Gasteiger partial charge is 0.410 e. The van der Waals surface area contributed by atoms with Gasteiger partial charge in [-0.05, 0) is 92.1 Å². The van der Waals surface area contributed by atoms with Gasteiger partial charge in [-0.2, -0.15) is 0 Å². The van der Waals surface area contributed by atoms with Crippen molar-refractivity contribution in [2.75, 3.05) is 6.54 Å². The molecule has 0 saturated carbocycles. The Morgan fingerprint density at radius 2 is 1.73 bits per heavy atom. The number of carboxylic acid groups (broad SMARTS) is 1. The maximum atomic E-state index is 13.3. The van der Waals surface area contributed by atoms with E-state index in [4.69, 9.17) is 16.3 Å². The molecule has 0 spiro atoms. The van der Waals surface area contributed by atoms with E-state index in [9.17, 15) is 19.8 Å². The van der Waals surface area contributed by atoms with Crippen molar-refractivity contribution in [1.29, 1.82) is 0 Å². The van der Waals surface area contributed by atoms with Crippen molar-refractivity contribution in [1.82, 2.24) is 4.90 Å². The van der Waals surface area contributed by atoms with Crippen molar-refractivity contribution in [3.63, 3.8) is 0 Å². The van der Waals surface area contributed by atoms with E-state index in [1.54, 1.807) is 47.4 Å². The van der Waals surface area contributed by atoms with Crippen LogP contribution < -0.4 is 0 Å². The fraction of sp³-hybridized carbons (Fsp3) is 0.333. The van der Waals surface area contributed by atoms with Gasteiger partial charge in [-0.3, -0.25) is 0 Å². The molecular weight excluding hydrogens is 490 g/mol. The molecule has 2 N–H and O–H groups in total. The highest BCUT2D eigenvalue weighted by Gasteiger charge is 2.33. The summed E-state index contributed by atoms with van der Waals surface area (Å²) in [6, 6.07) is 19.8. The minimum absolute atomic E-state index is 0.0941. The summed E-state index contributed by atoms with van der Waals surface area (Å²) in [6.45, 7) is 5.57. The fourth-order valence-corrected chi connectivity index (χ4v) is 4.81. The number of halogens is 1. The van der Waals surface area contributed by atoms with E-state index in [-0.39, 0.29) is 18.2 Å². The number of rotatable bonds is 6. The first-order valence-corrected chi connectivity index (χ1v) is 12.8. The number of amides is 1. The maximum absolute atomic E-state index is 13.3. The van der Waals surface area contributed by atoms with Crippen LogP contribution in [0.4, 0.5) is 4.79 Å². The largest absolute Gasteiger partial charge is 0.478 e. The summed E-state index contributed by atoms with van der Waals surface area (Å²) in [5.74, 6) is -0.966. The van der Waals surface area contributed by atoms with E-state index >= 15 is 0 Å². The summed E-state index contributed by atoms with van der Waals surface area (Å²) in [5, 5.41) is 20.9. The number of carboxylic acids is 1. The van der Waals surface area contributed by atoms with Gasteiger partial charge in [0.25, 0.3) is 0 Å². The molecule has 0 unspecified atom stereocenters. The van der Waals surface area contributed by atoms with Crippen LogP contribution in [0.25, 0.3) is 11.1 Å². The third kappa shape index (κ3) is 6.70. The van der Waals surface area contributed by atoms with Crippen LogP contribution in [0.3, 0.4) is 0 Å². The Bertz CT molecular complexity index is 1280. The minimum atomic E-state index is -0.966. The molecule has 2 atom stereocenters. The lowest BCUT2D eigenvalue weighted by atomic mass is 9.85. The van der Waals surface area contributed by atoms with Gasteiger partial charge in [-0.25, -0.2) is 9.59 Å². The molecule has 0 saturated heterocycles. The Hall–Kier alpha value is -3.35. The summed E-state index contributed by atoms with van der Waals surface area (Å²) in [5.41, 5.74) is 4.30. The van der Waals surface area contributed by atoms with Gasteiger partial charge in [0.05, 0.1) is 18.2 Å². The van der Waals surface area contributed by atoms with E-state index in [1.165, 1.54) is 5.56 Å². The van der Waals surface area contributed by atoms with Crippen molar-refractivity contribution < 1.29 is 24.5 Å². The Morgan fingerprint density at radius 1 is 1.03 bits per heavy atom. The first kappa shape index (κ1) is 26.7. The standard InChI is InChI=1S/C30H32ClNO5/c1-30(2,3)37-29(36)32(18-27(33)20-9-12-25(31)13-10-20)26-14-11-19-7-8-22(16-24(19)17-26)21-5-4-6-23(15-21)28(34)35/h4-10,12-13,15-16,26-27,33H,11,14,17-18H2,1-3H3,(H,34,35)/t26-,27+/m0/s1. The molecule has 3 aromatic carbocycles. The number of aryl methyl sites for hydroxylation is 1. The van der Waals surface area contributed by atoms with Crippen LogP contribution in [0.5, 0.6) is 0 Å². The number of aliphatic hydroxyl groups excluding tert-OH is 1. The predicted molar refractivity (Wildman–Crippen MR) is 144 cm³/mol. The van der Waals surface area contributed by atoms with Crippen molar-refractivity contribution in [2.24, 2.45) is 0 Å². The molecular formula is C30H32ClNO5. The summed E-state index contributed by atoms with van der Waals surface area (Å²) >= 11 is 6.00. The third-order valence-electron chi connectivity index (χ3n) is 6.54. The van der Waals surface area contributed by atoms with Gasteiger partial charge in [-0.1, -0.05) is 54.1 Å². The number of hydrogen-bond acceptors (Lipinski definition) is 4. The van der Waals surface area contributed by atoms with Crippen LogP contribution in [0.2, 0.25) is 5.02 Å². The molecule has 0 aliphatic heterocycles. The van der Waals surface area contributed by atoms with E-state index < -0.39 is 23.8 Å².